The average Bonchev–Trinajstić information content (AvgIpc) is 3.16. The smallest absolute Gasteiger partial charge is 0.224 e. The SMILES string of the molecule is CO[C@H]1CCN(c2ccc(NC(=O)CCc3ccc(SC)cc3)cc2)C1. The van der Waals surface area contributed by atoms with Crippen molar-refractivity contribution in [2.75, 3.05) is 36.7 Å². The molecular weight excluding hydrogens is 344 g/mol. The van der Waals surface area contributed by atoms with Crippen LogP contribution in [0.2, 0.25) is 0 Å². The second-order valence-electron chi connectivity index (χ2n) is 6.54. The van der Waals surface area contributed by atoms with Gasteiger partial charge in [0, 0.05) is 42.9 Å². The summed E-state index contributed by atoms with van der Waals surface area (Å²) in [7, 11) is 1.77. The van der Waals surface area contributed by atoms with Crippen LogP contribution in [0.15, 0.2) is 53.4 Å². The quantitative estimate of drug-likeness (QED) is 0.742. The van der Waals surface area contributed by atoms with Gasteiger partial charge in [0.2, 0.25) is 5.91 Å². The number of nitrogens with zero attached hydrogens (tertiary/aromatic N) is 1. The number of nitrogens with one attached hydrogen (secondary N) is 1. The second kappa shape index (κ2) is 9.10. The second-order valence-corrected chi connectivity index (χ2v) is 7.42. The van der Waals surface area contributed by atoms with Crippen molar-refractivity contribution >= 4 is 29.0 Å². The topological polar surface area (TPSA) is 41.6 Å². The predicted molar refractivity (Wildman–Crippen MR) is 109 cm³/mol. The zero-order chi connectivity index (χ0) is 18.4. The normalized spacial score (nSPS) is 16.7. The molecule has 0 bridgehead atoms. The first-order valence-electron chi connectivity index (χ1n) is 8.98. The highest BCUT2D eigenvalue weighted by Crippen LogP contribution is 2.23. The molecule has 3 rings (SSSR count). The molecule has 0 spiro atoms. The van der Waals surface area contributed by atoms with Gasteiger partial charge < -0.3 is 15.0 Å². The molecule has 2 aromatic carbocycles. The lowest BCUT2D eigenvalue weighted by Crippen LogP contribution is -2.22. The fraction of sp³-hybridized carbons (Fsp3) is 0.381. The van der Waals surface area contributed by atoms with Crippen LogP contribution in [0.1, 0.15) is 18.4 Å². The van der Waals surface area contributed by atoms with E-state index in [2.05, 4.69) is 52.9 Å². The number of benzene rings is 2. The van der Waals surface area contributed by atoms with E-state index in [1.165, 1.54) is 16.1 Å². The number of methoxy groups -OCH3 is 1. The van der Waals surface area contributed by atoms with E-state index in [0.717, 1.165) is 31.6 Å². The molecule has 1 fully saturated rings. The average molecular weight is 371 g/mol. The molecule has 1 aliphatic rings. The minimum absolute atomic E-state index is 0.0484. The number of anilines is 2. The van der Waals surface area contributed by atoms with Gasteiger partial charge >= 0.3 is 0 Å². The Morgan fingerprint density at radius 2 is 1.92 bits per heavy atom. The summed E-state index contributed by atoms with van der Waals surface area (Å²) in [5, 5.41) is 2.99. The van der Waals surface area contributed by atoms with Crippen LogP contribution in [-0.4, -0.2) is 38.5 Å². The summed E-state index contributed by atoms with van der Waals surface area (Å²) >= 11 is 1.73. The van der Waals surface area contributed by atoms with Crippen LogP contribution in [0.3, 0.4) is 0 Å². The van der Waals surface area contributed by atoms with E-state index in [9.17, 15) is 4.79 Å². The Hall–Kier alpha value is -1.98. The molecule has 0 radical (unpaired) electrons. The summed E-state index contributed by atoms with van der Waals surface area (Å²) in [4.78, 5) is 15.8. The number of amides is 1. The third-order valence-electron chi connectivity index (χ3n) is 4.79. The molecule has 26 heavy (non-hydrogen) atoms. The van der Waals surface area contributed by atoms with Gasteiger partial charge in [-0.05, 0) is 61.1 Å². The van der Waals surface area contributed by atoms with Crippen LogP contribution in [0.5, 0.6) is 0 Å². The number of hydrogen-bond donors (Lipinski definition) is 1. The Morgan fingerprint density at radius 3 is 2.54 bits per heavy atom. The third kappa shape index (κ3) is 5.02. The standard InChI is InChI=1S/C21H26N2O2S/c1-25-19-13-14-23(15-19)18-8-6-17(7-9-18)22-21(24)12-5-16-3-10-20(26-2)11-4-16/h3-4,6-11,19H,5,12-15H2,1-2H3,(H,22,24)/t19-/m0/s1. The number of carbonyl (C=O) groups is 1. The predicted octanol–water partition coefficient (Wildman–Crippen LogP) is 4.20. The maximum Gasteiger partial charge on any atom is 0.224 e. The van der Waals surface area contributed by atoms with Crippen molar-refractivity contribution in [1.29, 1.82) is 0 Å². The highest BCUT2D eigenvalue weighted by molar-refractivity contribution is 7.98. The van der Waals surface area contributed by atoms with E-state index in [1.54, 1.807) is 18.9 Å². The van der Waals surface area contributed by atoms with Crippen molar-refractivity contribution in [3.05, 3.63) is 54.1 Å². The minimum Gasteiger partial charge on any atom is -0.380 e. The number of carbonyl (C=O) groups excluding carboxylic acids is 1. The van der Waals surface area contributed by atoms with Gasteiger partial charge in [0.05, 0.1) is 6.10 Å². The Kier molecular flexibility index (Phi) is 6.58. The molecule has 1 saturated heterocycles. The van der Waals surface area contributed by atoms with Gasteiger partial charge in [0.15, 0.2) is 0 Å². The lowest BCUT2D eigenvalue weighted by molar-refractivity contribution is -0.116. The van der Waals surface area contributed by atoms with Crippen LogP contribution in [-0.2, 0) is 16.0 Å². The molecule has 0 unspecified atom stereocenters. The lowest BCUT2D eigenvalue weighted by Gasteiger charge is -2.18. The van der Waals surface area contributed by atoms with Gasteiger partial charge in [0.1, 0.15) is 0 Å². The molecule has 5 heteroatoms. The Balaban J connectivity index is 1.48. The lowest BCUT2D eigenvalue weighted by atomic mass is 10.1. The number of ether oxygens (including phenoxy) is 1. The molecular formula is C21H26N2O2S. The molecule has 138 valence electrons. The Labute approximate surface area is 159 Å². The van der Waals surface area contributed by atoms with Crippen molar-refractivity contribution in [3.63, 3.8) is 0 Å². The van der Waals surface area contributed by atoms with Gasteiger partial charge in [-0.25, -0.2) is 0 Å². The monoisotopic (exact) mass is 370 g/mol. The molecule has 1 heterocycles. The third-order valence-corrected chi connectivity index (χ3v) is 5.54. The van der Waals surface area contributed by atoms with Crippen LogP contribution in [0.25, 0.3) is 0 Å². The van der Waals surface area contributed by atoms with Gasteiger partial charge in [-0.1, -0.05) is 12.1 Å². The Morgan fingerprint density at radius 1 is 1.19 bits per heavy atom. The minimum atomic E-state index is 0.0484. The van der Waals surface area contributed by atoms with Gasteiger partial charge in [-0.2, -0.15) is 0 Å². The molecule has 1 atom stereocenters. The summed E-state index contributed by atoms with van der Waals surface area (Å²) in [5.41, 5.74) is 3.21. The molecule has 2 aromatic rings. The highest BCUT2D eigenvalue weighted by atomic mass is 32.2. The zero-order valence-corrected chi connectivity index (χ0v) is 16.2. The molecule has 0 aliphatic carbocycles. The molecule has 1 aliphatic heterocycles. The first-order valence-corrected chi connectivity index (χ1v) is 10.2. The van der Waals surface area contributed by atoms with Crippen LogP contribution in [0, 0.1) is 0 Å². The summed E-state index contributed by atoms with van der Waals surface area (Å²) in [5.74, 6) is 0.0484. The van der Waals surface area contributed by atoms with Crippen molar-refractivity contribution in [1.82, 2.24) is 0 Å². The number of thioether (sulfide) groups is 1. The highest BCUT2D eigenvalue weighted by Gasteiger charge is 2.22. The summed E-state index contributed by atoms with van der Waals surface area (Å²) < 4.78 is 5.42. The first-order chi connectivity index (χ1) is 12.7. The van der Waals surface area contributed by atoms with E-state index in [-0.39, 0.29) is 5.91 Å². The van der Waals surface area contributed by atoms with E-state index >= 15 is 0 Å². The van der Waals surface area contributed by atoms with Crippen molar-refractivity contribution in [3.8, 4) is 0 Å². The molecule has 1 N–H and O–H groups in total. The van der Waals surface area contributed by atoms with Crippen molar-refractivity contribution < 1.29 is 9.53 Å². The zero-order valence-electron chi connectivity index (χ0n) is 15.4. The maximum atomic E-state index is 12.2. The van der Waals surface area contributed by atoms with Crippen molar-refractivity contribution in [2.24, 2.45) is 0 Å². The van der Waals surface area contributed by atoms with E-state index in [0.29, 0.717) is 12.5 Å². The van der Waals surface area contributed by atoms with Gasteiger partial charge in [0.25, 0.3) is 0 Å². The summed E-state index contributed by atoms with van der Waals surface area (Å²) in [6, 6.07) is 16.5. The summed E-state index contributed by atoms with van der Waals surface area (Å²) in [6.45, 7) is 1.94. The van der Waals surface area contributed by atoms with E-state index in [1.807, 2.05) is 12.1 Å². The molecule has 4 nitrogen and oxygen atoms in total. The van der Waals surface area contributed by atoms with Gasteiger partial charge in [-0.3, -0.25) is 4.79 Å². The largest absolute Gasteiger partial charge is 0.380 e. The fourth-order valence-electron chi connectivity index (χ4n) is 3.18. The molecule has 0 aromatic heterocycles. The summed E-state index contributed by atoms with van der Waals surface area (Å²) in [6.07, 6.45) is 4.69. The van der Waals surface area contributed by atoms with Crippen LogP contribution >= 0.6 is 11.8 Å². The number of rotatable bonds is 7. The maximum absolute atomic E-state index is 12.2. The van der Waals surface area contributed by atoms with Crippen LogP contribution < -0.4 is 10.2 Å². The first kappa shape index (κ1) is 18.8. The fourth-order valence-corrected chi connectivity index (χ4v) is 3.59. The van der Waals surface area contributed by atoms with E-state index in [4.69, 9.17) is 4.74 Å². The number of aryl methyl sites for hydroxylation is 1. The number of hydrogen-bond acceptors (Lipinski definition) is 4. The van der Waals surface area contributed by atoms with Gasteiger partial charge in [-0.15, -0.1) is 11.8 Å². The van der Waals surface area contributed by atoms with Crippen LogP contribution in [0.4, 0.5) is 11.4 Å². The molecule has 0 saturated carbocycles. The van der Waals surface area contributed by atoms with E-state index < -0.39 is 0 Å². The molecule has 1 amide bonds. The van der Waals surface area contributed by atoms with Crippen molar-refractivity contribution in [2.45, 2.75) is 30.3 Å². The Bertz CT molecular complexity index is 716.